The Morgan fingerprint density at radius 2 is 1.26 bits per heavy atom. The van der Waals surface area contributed by atoms with E-state index in [2.05, 4.69) is 67.7 Å². The van der Waals surface area contributed by atoms with Crippen molar-refractivity contribution < 1.29 is 14.0 Å². The molecule has 0 amide bonds. The van der Waals surface area contributed by atoms with Gasteiger partial charge < -0.3 is 14.0 Å². The van der Waals surface area contributed by atoms with Crippen molar-refractivity contribution in [2.75, 3.05) is 0 Å². The lowest BCUT2D eigenvalue weighted by molar-refractivity contribution is 0.0232. The van der Waals surface area contributed by atoms with Gasteiger partial charge in [-0.2, -0.15) is 0 Å². The molecule has 0 aromatic heterocycles. The Kier molecular flexibility index (Phi) is 6.19. The number of aliphatic hydroxyl groups is 1. The lowest BCUT2D eigenvalue weighted by Gasteiger charge is -2.45. The molecule has 0 aromatic rings. The van der Waals surface area contributed by atoms with Crippen molar-refractivity contribution >= 4 is 16.6 Å². The van der Waals surface area contributed by atoms with Gasteiger partial charge in [0.05, 0.1) is 18.3 Å². The first-order valence-corrected chi connectivity index (χ1v) is 14.6. The standard InChI is InChI=1S/C18H38O3Si2/c1-17(2,3)22(7,8)20-15-12-11-14(19)13-16(15)21-23(9,10)18(4,5)6/h11-12,14-16,19H,13H2,1-10H3/t14-,15-,16-/m0/s1. The number of rotatable bonds is 4. The molecule has 0 heterocycles. The van der Waals surface area contributed by atoms with E-state index < -0.39 is 22.7 Å². The van der Waals surface area contributed by atoms with Gasteiger partial charge in [0.2, 0.25) is 0 Å². The Balaban J connectivity index is 2.98. The molecule has 0 saturated carbocycles. The summed E-state index contributed by atoms with van der Waals surface area (Å²) in [6, 6.07) is 0. The van der Waals surface area contributed by atoms with Gasteiger partial charge in [-0.05, 0) is 36.3 Å². The second kappa shape index (κ2) is 6.75. The maximum atomic E-state index is 10.1. The molecule has 1 aliphatic carbocycles. The zero-order chi connectivity index (χ0) is 18.3. The molecule has 5 heteroatoms. The molecule has 0 aromatic carbocycles. The summed E-state index contributed by atoms with van der Waals surface area (Å²) in [4.78, 5) is 0. The Morgan fingerprint density at radius 1 is 0.826 bits per heavy atom. The Bertz CT molecular complexity index is 431. The zero-order valence-corrected chi connectivity index (χ0v) is 18.9. The summed E-state index contributed by atoms with van der Waals surface area (Å²) >= 11 is 0. The highest BCUT2D eigenvalue weighted by molar-refractivity contribution is 6.74. The van der Waals surface area contributed by atoms with E-state index in [1.54, 1.807) is 0 Å². The van der Waals surface area contributed by atoms with E-state index >= 15 is 0 Å². The van der Waals surface area contributed by atoms with Crippen molar-refractivity contribution in [3.8, 4) is 0 Å². The van der Waals surface area contributed by atoms with Crippen LogP contribution in [0.15, 0.2) is 12.2 Å². The van der Waals surface area contributed by atoms with E-state index in [4.69, 9.17) is 8.85 Å². The Morgan fingerprint density at radius 3 is 1.70 bits per heavy atom. The summed E-state index contributed by atoms with van der Waals surface area (Å²) in [5, 5.41) is 10.4. The molecule has 0 radical (unpaired) electrons. The molecule has 3 nitrogen and oxygen atoms in total. The fourth-order valence-corrected chi connectivity index (χ4v) is 4.72. The third kappa shape index (κ3) is 5.26. The first kappa shape index (κ1) is 21.1. The van der Waals surface area contributed by atoms with Gasteiger partial charge in [-0.25, -0.2) is 0 Å². The van der Waals surface area contributed by atoms with Crippen LogP contribution in [0.3, 0.4) is 0 Å². The van der Waals surface area contributed by atoms with Crippen LogP contribution in [0.25, 0.3) is 0 Å². The summed E-state index contributed by atoms with van der Waals surface area (Å²) in [5.41, 5.74) is 0. The van der Waals surface area contributed by atoms with Crippen LogP contribution in [-0.2, 0) is 8.85 Å². The molecule has 0 saturated heterocycles. The minimum absolute atomic E-state index is 0.0478. The summed E-state index contributed by atoms with van der Waals surface area (Å²) in [5.74, 6) is 0. The monoisotopic (exact) mass is 358 g/mol. The Hall–Kier alpha value is 0.0538. The van der Waals surface area contributed by atoms with Gasteiger partial charge >= 0.3 is 0 Å². The minimum atomic E-state index is -1.89. The van der Waals surface area contributed by atoms with E-state index in [0.717, 1.165) is 0 Å². The van der Waals surface area contributed by atoms with Crippen molar-refractivity contribution in [3.05, 3.63) is 12.2 Å². The van der Waals surface area contributed by atoms with Crippen LogP contribution in [0, 0.1) is 0 Å². The van der Waals surface area contributed by atoms with Gasteiger partial charge in [0.15, 0.2) is 16.6 Å². The second-order valence-electron chi connectivity index (χ2n) is 9.95. The third-order valence-electron chi connectivity index (χ3n) is 5.85. The SMILES string of the molecule is CC(C)(C)[Si](C)(C)O[C@H]1C=C[C@H](O)C[C@@H]1O[Si](C)(C)C(C)(C)C. The Labute approximate surface area is 145 Å². The van der Waals surface area contributed by atoms with Crippen LogP contribution in [0.2, 0.25) is 36.3 Å². The average Bonchev–Trinajstić information content (AvgIpc) is 2.29. The smallest absolute Gasteiger partial charge is 0.193 e. The quantitative estimate of drug-likeness (QED) is 0.562. The number of hydrogen-bond acceptors (Lipinski definition) is 3. The van der Waals surface area contributed by atoms with Crippen LogP contribution in [0.5, 0.6) is 0 Å². The predicted octanol–water partition coefficient (Wildman–Crippen LogP) is 5.09. The molecule has 0 spiro atoms. The summed E-state index contributed by atoms with van der Waals surface area (Å²) < 4.78 is 13.2. The molecule has 0 fully saturated rings. The van der Waals surface area contributed by atoms with Crippen molar-refractivity contribution in [2.45, 2.75) is 103 Å². The van der Waals surface area contributed by atoms with Gasteiger partial charge in [0, 0.05) is 6.42 Å². The van der Waals surface area contributed by atoms with Crippen LogP contribution >= 0.6 is 0 Å². The molecule has 0 bridgehead atoms. The highest BCUT2D eigenvalue weighted by Crippen LogP contribution is 2.41. The molecule has 1 aliphatic rings. The molecule has 1 rings (SSSR count). The minimum Gasteiger partial charge on any atom is -0.411 e. The highest BCUT2D eigenvalue weighted by atomic mass is 28.4. The van der Waals surface area contributed by atoms with Gasteiger partial charge in [0.25, 0.3) is 0 Å². The van der Waals surface area contributed by atoms with E-state index in [0.29, 0.717) is 6.42 Å². The average molecular weight is 359 g/mol. The second-order valence-corrected chi connectivity index (χ2v) is 19.5. The number of hydrogen-bond donors (Lipinski definition) is 1. The molecule has 136 valence electrons. The zero-order valence-electron chi connectivity index (χ0n) is 16.9. The van der Waals surface area contributed by atoms with E-state index in [-0.39, 0.29) is 22.3 Å². The first-order chi connectivity index (χ1) is 10.1. The molecule has 3 atom stereocenters. The van der Waals surface area contributed by atoms with Gasteiger partial charge in [0.1, 0.15) is 0 Å². The van der Waals surface area contributed by atoms with Gasteiger partial charge in [-0.1, -0.05) is 53.7 Å². The summed E-state index contributed by atoms with van der Waals surface area (Å²) in [7, 11) is -3.77. The van der Waals surface area contributed by atoms with Crippen LogP contribution < -0.4 is 0 Å². The van der Waals surface area contributed by atoms with Crippen LogP contribution in [-0.4, -0.2) is 40.1 Å². The van der Waals surface area contributed by atoms with Crippen molar-refractivity contribution in [1.82, 2.24) is 0 Å². The summed E-state index contributed by atoms with van der Waals surface area (Å²) in [6.45, 7) is 22.6. The van der Waals surface area contributed by atoms with E-state index in [1.165, 1.54) is 0 Å². The summed E-state index contributed by atoms with van der Waals surface area (Å²) in [6.07, 6.45) is 3.99. The van der Waals surface area contributed by atoms with Gasteiger partial charge in [-0.15, -0.1) is 0 Å². The van der Waals surface area contributed by atoms with Gasteiger partial charge in [-0.3, -0.25) is 0 Å². The van der Waals surface area contributed by atoms with Crippen LogP contribution in [0.4, 0.5) is 0 Å². The maximum Gasteiger partial charge on any atom is 0.193 e. The largest absolute Gasteiger partial charge is 0.411 e. The third-order valence-corrected chi connectivity index (χ3v) is 14.8. The lowest BCUT2D eigenvalue weighted by Crippen LogP contribution is -2.53. The van der Waals surface area contributed by atoms with Crippen molar-refractivity contribution in [2.24, 2.45) is 0 Å². The molecule has 0 aliphatic heterocycles. The fraction of sp³-hybridized carbons (Fsp3) is 0.889. The predicted molar refractivity (Wildman–Crippen MR) is 104 cm³/mol. The highest BCUT2D eigenvalue weighted by Gasteiger charge is 2.45. The van der Waals surface area contributed by atoms with Crippen molar-refractivity contribution in [3.63, 3.8) is 0 Å². The lowest BCUT2D eigenvalue weighted by atomic mass is 10.00. The molecule has 0 unspecified atom stereocenters. The molecule has 1 N–H and O–H groups in total. The van der Waals surface area contributed by atoms with E-state index in [9.17, 15) is 5.11 Å². The first-order valence-electron chi connectivity index (χ1n) is 8.79. The normalized spacial score (nSPS) is 27.3. The fourth-order valence-electron chi connectivity index (χ4n) is 2.11. The molecular formula is C18H38O3Si2. The van der Waals surface area contributed by atoms with Crippen LogP contribution in [0.1, 0.15) is 48.0 Å². The molecule has 23 heavy (non-hydrogen) atoms. The number of aliphatic hydroxyl groups excluding tert-OH is 1. The van der Waals surface area contributed by atoms with Crippen molar-refractivity contribution in [1.29, 1.82) is 0 Å². The molecular weight excluding hydrogens is 320 g/mol. The topological polar surface area (TPSA) is 38.7 Å². The maximum absolute atomic E-state index is 10.1. The van der Waals surface area contributed by atoms with E-state index in [1.807, 2.05) is 12.2 Å².